The molecule has 0 bridgehead atoms. The van der Waals surface area contributed by atoms with Gasteiger partial charge in [0.05, 0.1) is 11.6 Å². The Bertz CT molecular complexity index is 694. The molecule has 0 radical (unpaired) electrons. The van der Waals surface area contributed by atoms with Gasteiger partial charge in [0.15, 0.2) is 11.5 Å². The van der Waals surface area contributed by atoms with Gasteiger partial charge >= 0.3 is 0 Å². The summed E-state index contributed by atoms with van der Waals surface area (Å²) in [5.41, 5.74) is 1.53. The Labute approximate surface area is 124 Å². The molecular formula is C15H10BrNO3. The van der Waals surface area contributed by atoms with Gasteiger partial charge in [0.25, 0.3) is 0 Å². The zero-order chi connectivity index (χ0) is 13.9. The second kappa shape index (κ2) is 5.43. The summed E-state index contributed by atoms with van der Waals surface area (Å²) in [7, 11) is 0. The van der Waals surface area contributed by atoms with E-state index < -0.39 is 0 Å². The number of hydrogen-bond donors (Lipinski definition) is 0. The molecule has 1 aliphatic rings. The fraction of sp³-hybridized carbons (Fsp3) is 0.133. The monoisotopic (exact) mass is 331 g/mol. The van der Waals surface area contributed by atoms with Crippen LogP contribution in [0.2, 0.25) is 0 Å². The summed E-state index contributed by atoms with van der Waals surface area (Å²) in [5, 5.41) is 8.85. The van der Waals surface area contributed by atoms with Crippen LogP contribution >= 0.6 is 15.9 Å². The van der Waals surface area contributed by atoms with Gasteiger partial charge in [-0.25, -0.2) is 0 Å². The summed E-state index contributed by atoms with van der Waals surface area (Å²) >= 11 is 3.48. The first kappa shape index (κ1) is 12.8. The minimum atomic E-state index is 0.246. The molecule has 0 atom stereocenters. The van der Waals surface area contributed by atoms with Crippen LogP contribution in [0, 0.1) is 11.3 Å². The number of fused-ring (bicyclic) bond motifs is 1. The largest absolute Gasteiger partial charge is 0.489 e. The minimum absolute atomic E-state index is 0.246. The van der Waals surface area contributed by atoms with Crippen molar-refractivity contribution in [3.63, 3.8) is 0 Å². The van der Waals surface area contributed by atoms with Gasteiger partial charge in [0.2, 0.25) is 6.79 Å². The average molecular weight is 332 g/mol. The van der Waals surface area contributed by atoms with Crippen LogP contribution in [-0.2, 0) is 6.61 Å². The van der Waals surface area contributed by atoms with Crippen LogP contribution in [0.5, 0.6) is 17.2 Å². The van der Waals surface area contributed by atoms with E-state index >= 15 is 0 Å². The van der Waals surface area contributed by atoms with Crippen LogP contribution in [0.4, 0.5) is 0 Å². The first-order chi connectivity index (χ1) is 9.76. The Morgan fingerprint density at radius 1 is 1.20 bits per heavy atom. The van der Waals surface area contributed by atoms with Crippen molar-refractivity contribution in [2.24, 2.45) is 0 Å². The molecule has 1 aliphatic heterocycles. The van der Waals surface area contributed by atoms with Crippen LogP contribution in [-0.4, -0.2) is 6.79 Å². The van der Waals surface area contributed by atoms with Crippen LogP contribution in [0.3, 0.4) is 0 Å². The molecule has 0 spiro atoms. The third-order valence-electron chi connectivity index (χ3n) is 2.90. The van der Waals surface area contributed by atoms with E-state index in [2.05, 4.69) is 22.0 Å². The van der Waals surface area contributed by atoms with Gasteiger partial charge in [-0.3, -0.25) is 0 Å². The molecule has 2 aromatic carbocycles. The lowest BCUT2D eigenvalue weighted by molar-refractivity contribution is 0.174. The van der Waals surface area contributed by atoms with Gasteiger partial charge in [-0.05, 0) is 30.3 Å². The third-order valence-corrected chi connectivity index (χ3v) is 3.64. The van der Waals surface area contributed by atoms with Crippen LogP contribution in [0.15, 0.2) is 40.9 Å². The summed E-state index contributed by atoms with van der Waals surface area (Å²) < 4.78 is 17.2. The molecule has 0 saturated heterocycles. The number of benzene rings is 2. The van der Waals surface area contributed by atoms with Gasteiger partial charge < -0.3 is 14.2 Å². The molecule has 0 aromatic heterocycles. The van der Waals surface area contributed by atoms with E-state index in [1.807, 2.05) is 18.2 Å². The quantitative estimate of drug-likeness (QED) is 0.861. The molecule has 0 aliphatic carbocycles. The average Bonchev–Trinajstić information content (AvgIpc) is 2.92. The number of nitrogens with zero attached hydrogens (tertiary/aromatic N) is 1. The Morgan fingerprint density at radius 2 is 2.00 bits per heavy atom. The van der Waals surface area contributed by atoms with E-state index in [-0.39, 0.29) is 6.79 Å². The van der Waals surface area contributed by atoms with Crippen molar-refractivity contribution in [1.29, 1.82) is 5.26 Å². The lowest BCUT2D eigenvalue weighted by Crippen LogP contribution is -1.97. The fourth-order valence-electron chi connectivity index (χ4n) is 1.89. The highest BCUT2D eigenvalue weighted by molar-refractivity contribution is 9.10. The zero-order valence-corrected chi connectivity index (χ0v) is 12.0. The number of rotatable bonds is 3. The van der Waals surface area contributed by atoms with E-state index in [1.54, 1.807) is 18.2 Å². The first-order valence-corrected chi connectivity index (χ1v) is 6.76. The van der Waals surface area contributed by atoms with Crippen molar-refractivity contribution in [3.8, 4) is 23.3 Å². The first-order valence-electron chi connectivity index (χ1n) is 5.97. The van der Waals surface area contributed by atoms with Gasteiger partial charge in [0, 0.05) is 10.0 Å². The maximum Gasteiger partial charge on any atom is 0.231 e. The summed E-state index contributed by atoms with van der Waals surface area (Å²) in [5.74, 6) is 2.11. The van der Waals surface area contributed by atoms with Gasteiger partial charge in [0.1, 0.15) is 12.4 Å². The van der Waals surface area contributed by atoms with Crippen LogP contribution in [0.25, 0.3) is 0 Å². The van der Waals surface area contributed by atoms with E-state index in [1.165, 1.54) is 0 Å². The standard InChI is InChI=1S/C15H10BrNO3/c16-13-6-15-14(19-9-20-15)5-11(13)8-18-12-3-1-2-10(4-12)7-17/h1-6H,8-9H2. The Hall–Kier alpha value is -2.19. The molecular weight excluding hydrogens is 322 g/mol. The SMILES string of the molecule is N#Cc1cccc(OCc2cc3c(cc2Br)OCO3)c1. The van der Waals surface area contributed by atoms with Crippen LogP contribution < -0.4 is 14.2 Å². The number of nitriles is 1. The van der Waals surface area contributed by atoms with Crippen molar-refractivity contribution >= 4 is 15.9 Å². The lowest BCUT2D eigenvalue weighted by atomic mass is 10.2. The topological polar surface area (TPSA) is 51.5 Å². The molecule has 0 N–H and O–H groups in total. The third kappa shape index (κ3) is 2.56. The highest BCUT2D eigenvalue weighted by Crippen LogP contribution is 2.37. The van der Waals surface area contributed by atoms with Crippen molar-refractivity contribution in [2.45, 2.75) is 6.61 Å². The molecule has 0 amide bonds. The smallest absolute Gasteiger partial charge is 0.231 e. The predicted molar refractivity (Wildman–Crippen MR) is 75.8 cm³/mol. The highest BCUT2D eigenvalue weighted by atomic mass is 79.9. The molecule has 5 heteroatoms. The molecule has 3 rings (SSSR count). The number of ether oxygens (including phenoxy) is 3. The molecule has 20 heavy (non-hydrogen) atoms. The van der Waals surface area contributed by atoms with Gasteiger partial charge in [-0.15, -0.1) is 0 Å². The van der Waals surface area contributed by atoms with E-state index in [0.717, 1.165) is 21.5 Å². The summed E-state index contributed by atoms with van der Waals surface area (Å²) in [6.07, 6.45) is 0. The van der Waals surface area contributed by atoms with Crippen molar-refractivity contribution in [1.82, 2.24) is 0 Å². The lowest BCUT2D eigenvalue weighted by Gasteiger charge is -2.09. The summed E-state index contributed by atoms with van der Waals surface area (Å²) in [4.78, 5) is 0. The van der Waals surface area contributed by atoms with E-state index in [4.69, 9.17) is 19.5 Å². The predicted octanol–water partition coefficient (Wildman–Crippen LogP) is 3.63. The molecule has 2 aromatic rings. The highest BCUT2D eigenvalue weighted by Gasteiger charge is 2.16. The Balaban J connectivity index is 1.77. The molecule has 1 heterocycles. The second-order valence-corrected chi connectivity index (χ2v) is 5.08. The van der Waals surface area contributed by atoms with Gasteiger partial charge in [-0.1, -0.05) is 22.0 Å². The van der Waals surface area contributed by atoms with Crippen molar-refractivity contribution in [2.75, 3.05) is 6.79 Å². The van der Waals surface area contributed by atoms with Crippen molar-refractivity contribution < 1.29 is 14.2 Å². The normalized spacial score (nSPS) is 12.0. The summed E-state index contributed by atoms with van der Waals surface area (Å²) in [6, 6.07) is 12.9. The summed E-state index contributed by atoms with van der Waals surface area (Å²) in [6.45, 7) is 0.627. The molecule has 4 nitrogen and oxygen atoms in total. The van der Waals surface area contributed by atoms with E-state index in [9.17, 15) is 0 Å². The fourth-order valence-corrected chi connectivity index (χ4v) is 2.32. The maximum absolute atomic E-state index is 8.85. The van der Waals surface area contributed by atoms with Crippen molar-refractivity contribution in [3.05, 3.63) is 52.0 Å². The molecule has 0 saturated carbocycles. The zero-order valence-electron chi connectivity index (χ0n) is 10.4. The molecule has 0 unspecified atom stereocenters. The minimum Gasteiger partial charge on any atom is -0.489 e. The number of hydrogen-bond acceptors (Lipinski definition) is 4. The second-order valence-electron chi connectivity index (χ2n) is 4.23. The van der Waals surface area contributed by atoms with E-state index in [0.29, 0.717) is 17.9 Å². The van der Waals surface area contributed by atoms with Gasteiger partial charge in [-0.2, -0.15) is 5.26 Å². The maximum atomic E-state index is 8.85. The molecule has 100 valence electrons. The number of halogens is 1. The Kier molecular flexibility index (Phi) is 3.48. The Morgan fingerprint density at radius 3 is 2.80 bits per heavy atom. The van der Waals surface area contributed by atoms with Crippen LogP contribution in [0.1, 0.15) is 11.1 Å². The molecule has 0 fully saturated rings.